The van der Waals surface area contributed by atoms with Gasteiger partial charge >= 0.3 is 0 Å². The van der Waals surface area contributed by atoms with Crippen LogP contribution in [0.5, 0.6) is 5.75 Å². The van der Waals surface area contributed by atoms with Crippen molar-refractivity contribution in [1.29, 1.82) is 0 Å². The van der Waals surface area contributed by atoms with Gasteiger partial charge in [0.05, 0.1) is 11.6 Å². The summed E-state index contributed by atoms with van der Waals surface area (Å²) in [5.74, 6) is -0.388. The molecule has 0 radical (unpaired) electrons. The highest BCUT2D eigenvalue weighted by Gasteiger charge is 2.47. The lowest BCUT2D eigenvalue weighted by atomic mass is 9.73. The summed E-state index contributed by atoms with van der Waals surface area (Å²) in [6.07, 6.45) is 3.44. The van der Waals surface area contributed by atoms with Crippen LogP contribution < -0.4 is 11.1 Å². The summed E-state index contributed by atoms with van der Waals surface area (Å²) in [6, 6.07) is 12.5. The summed E-state index contributed by atoms with van der Waals surface area (Å²) in [7, 11) is 0. The number of carbonyl (C=O) groups is 2. The van der Waals surface area contributed by atoms with Gasteiger partial charge in [0, 0.05) is 47.6 Å². The average Bonchev–Trinajstić information content (AvgIpc) is 3.37. The summed E-state index contributed by atoms with van der Waals surface area (Å²) < 4.78 is 0. The molecular formula is C28H35ClN4O4. The Morgan fingerprint density at radius 3 is 2.59 bits per heavy atom. The van der Waals surface area contributed by atoms with Crippen LogP contribution in [0, 0.1) is 0 Å². The lowest BCUT2D eigenvalue weighted by molar-refractivity contribution is -0.138. The molecule has 2 aliphatic rings. The number of fused-ring (bicyclic) bond motifs is 3. The highest BCUT2D eigenvalue weighted by Crippen LogP contribution is 2.53. The maximum atomic E-state index is 13.8. The van der Waals surface area contributed by atoms with E-state index in [2.05, 4.69) is 10.3 Å². The number of carbonyl (C=O) groups excluding carboxylic acids is 2. The van der Waals surface area contributed by atoms with E-state index in [1.807, 2.05) is 47.5 Å². The van der Waals surface area contributed by atoms with E-state index in [4.69, 9.17) is 5.73 Å². The molecule has 8 nitrogen and oxygen atoms in total. The molecule has 2 heterocycles. The van der Waals surface area contributed by atoms with E-state index in [-0.39, 0.29) is 35.4 Å². The molecule has 1 aliphatic heterocycles. The van der Waals surface area contributed by atoms with Gasteiger partial charge in [0.15, 0.2) is 0 Å². The number of piperidine rings is 1. The number of nitrogens with two attached hydrogens (primary N) is 1. The van der Waals surface area contributed by atoms with E-state index in [0.717, 1.165) is 22.0 Å². The first-order valence-corrected chi connectivity index (χ1v) is 12.5. The molecule has 5 rings (SSSR count). The second-order valence-electron chi connectivity index (χ2n) is 10.9. The van der Waals surface area contributed by atoms with E-state index in [0.29, 0.717) is 44.3 Å². The molecule has 1 spiro atoms. The zero-order valence-electron chi connectivity index (χ0n) is 21.2. The first-order valence-electron chi connectivity index (χ1n) is 12.5. The van der Waals surface area contributed by atoms with Crippen molar-refractivity contribution in [3.63, 3.8) is 0 Å². The minimum Gasteiger partial charge on any atom is -0.508 e. The van der Waals surface area contributed by atoms with Gasteiger partial charge in [0.25, 0.3) is 0 Å². The number of hydrogen-bond acceptors (Lipinski definition) is 5. The standard InChI is InChI=1S/C28H34N4O4.ClH/c1-27(2,29)26(36)31-21(14-17-16-30-20-8-4-3-6-18(17)20)25(35)32-12-10-28(11-13-32)15-23(34)24-19(28)7-5-9-22(24)33;/h3-9,16,21,23,30,33-34H,10-15,29H2,1-2H3,(H,31,36);1H/t21-,23+;/m1./s1. The van der Waals surface area contributed by atoms with Crippen molar-refractivity contribution in [3.05, 3.63) is 65.4 Å². The van der Waals surface area contributed by atoms with Gasteiger partial charge in [0.2, 0.25) is 11.8 Å². The van der Waals surface area contributed by atoms with Gasteiger partial charge in [-0.3, -0.25) is 9.59 Å². The number of benzene rings is 2. The van der Waals surface area contributed by atoms with Crippen LogP contribution in [0.2, 0.25) is 0 Å². The number of aliphatic hydroxyl groups excluding tert-OH is 1. The van der Waals surface area contributed by atoms with E-state index < -0.39 is 17.7 Å². The molecule has 6 N–H and O–H groups in total. The lowest BCUT2D eigenvalue weighted by Crippen LogP contribution is -2.58. The van der Waals surface area contributed by atoms with Gasteiger partial charge in [0.1, 0.15) is 11.8 Å². The molecule has 2 atom stereocenters. The van der Waals surface area contributed by atoms with Crippen molar-refractivity contribution in [2.45, 2.75) is 62.6 Å². The predicted molar refractivity (Wildman–Crippen MR) is 145 cm³/mol. The molecule has 1 aliphatic carbocycles. The minimum absolute atomic E-state index is 0. The number of aromatic nitrogens is 1. The number of aromatic hydroxyl groups is 1. The molecule has 3 aromatic rings. The number of aromatic amines is 1. The molecule has 2 amide bonds. The third-order valence-electron chi connectivity index (χ3n) is 7.89. The largest absolute Gasteiger partial charge is 0.508 e. The van der Waals surface area contributed by atoms with Gasteiger partial charge in [-0.15, -0.1) is 12.4 Å². The zero-order valence-corrected chi connectivity index (χ0v) is 22.0. The number of nitrogens with one attached hydrogen (secondary N) is 2. The molecule has 0 unspecified atom stereocenters. The van der Waals surface area contributed by atoms with Crippen molar-refractivity contribution in [1.82, 2.24) is 15.2 Å². The Hall–Kier alpha value is -3.07. The average molecular weight is 527 g/mol. The number of likely N-dealkylation sites (tertiary alicyclic amines) is 1. The summed E-state index contributed by atoms with van der Waals surface area (Å²) in [5, 5.41) is 24.9. The van der Waals surface area contributed by atoms with Crippen molar-refractivity contribution in [3.8, 4) is 5.75 Å². The van der Waals surface area contributed by atoms with Gasteiger partial charge in [-0.05, 0) is 56.4 Å². The fourth-order valence-corrected chi connectivity index (χ4v) is 5.86. The molecule has 9 heteroatoms. The third kappa shape index (κ3) is 4.93. The van der Waals surface area contributed by atoms with E-state index in [9.17, 15) is 19.8 Å². The van der Waals surface area contributed by atoms with Crippen molar-refractivity contribution >= 4 is 35.1 Å². The predicted octanol–water partition coefficient (Wildman–Crippen LogP) is 3.06. The smallest absolute Gasteiger partial charge is 0.245 e. The third-order valence-corrected chi connectivity index (χ3v) is 7.89. The van der Waals surface area contributed by atoms with Gasteiger partial charge in [-0.25, -0.2) is 0 Å². The first-order chi connectivity index (χ1) is 17.1. The monoisotopic (exact) mass is 526 g/mol. The first kappa shape index (κ1) is 27.0. The molecule has 0 saturated carbocycles. The quantitative estimate of drug-likeness (QED) is 0.348. The molecule has 37 heavy (non-hydrogen) atoms. The maximum Gasteiger partial charge on any atom is 0.245 e. The molecule has 1 aromatic heterocycles. The Labute approximate surface area is 222 Å². The Kier molecular flexibility index (Phi) is 7.29. The Morgan fingerprint density at radius 1 is 1.19 bits per heavy atom. The molecule has 198 valence electrons. The number of phenolic OH excluding ortho intramolecular Hbond substituents is 1. The van der Waals surface area contributed by atoms with Gasteiger partial charge in [-0.2, -0.15) is 0 Å². The SMILES string of the molecule is CC(C)(N)C(=O)N[C@H](Cc1c[nH]c2ccccc12)C(=O)N1CCC2(CC1)C[C@H](O)c1c(O)cccc12.Cl. The summed E-state index contributed by atoms with van der Waals surface area (Å²) in [6.45, 7) is 4.26. The normalized spacial score (nSPS) is 19.4. The van der Waals surface area contributed by atoms with Crippen molar-refractivity contribution < 1.29 is 19.8 Å². The van der Waals surface area contributed by atoms with Gasteiger partial charge < -0.3 is 31.1 Å². The molecule has 1 saturated heterocycles. The highest BCUT2D eigenvalue weighted by atomic mass is 35.5. The number of aliphatic hydroxyl groups is 1. The fraction of sp³-hybridized carbons (Fsp3) is 0.429. The van der Waals surface area contributed by atoms with E-state index >= 15 is 0 Å². The summed E-state index contributed by atoms with van der Waals surface area (Å²) in [4.78, 5) is 31.6. The number of hydrogen-bond donors (Lipinski definition) is 5. The Bertz CT molecular complexity index is 1310. The number of nitrogens with zero attached hydrogens (tertiary/aromatic N) is 1. The Balaban J connectivity index is 0.00000320. The van der Waals surface area contributed by atoms with Crippen molar-refractivity contribution in [2.75, 3.05) is 13.1 Å². The van der Waals surface area contributed by atoms with Gasteiger partial charge in [-0.1, -0.05) is 30.3 Å². The molecular weight excluding hydrogens is 492 g/mol. The van der Waals surface area contributed by atoms with Crippen LogP contribution in [0.3, 0.4) is 0 Å². The topological polar surface area (TPSA) is 132 Å². The highest BCUT2D eigenvalue weighted by molar-refractivity contribution is 5.92. The lowest BCUT2D eigenvalue weighted by Gasteiger charge is -2.41. The molecule has 2 aromatic carbocycles. The molecule has 0 bridgehead atoms. The van der Waals surface area contributed by atoms with Crippen LogP contribution in [-0.4, -0.2) is 56.6 Å². The molecule has 1 fully saturated rings. The van der Waals surface area contributed by atoms with Crippen LogP contribution in [-0.2, 0) is 21.4 Å². The van der Waals surface area contributed by atoms with E-state index in [1.54, 1.807) is 19.9 Å². The second kappa shape index (κ2) is 10.0. The number of phenols is 1. The van der Waals surface area contributed by atoms with E-state index in [1.165, 1.54) is 0 Å². The zero-order chi connectivity index (χ0) is 25.7. The number of rotatable bonds is 5. The van der Waals surface area contributed by atoms with Crippen LogP contribution >= 0.6 is 12.4 Å². The number of amides is 2. The van der Waals surface area contributed by atoms with Crippen LogP contribution in [0.25, 0.3) is 10.9 Å². The van der Waals surface area contributed by atoms with Crippen LogP contribution in [0.4, 0.5) is 0 Å². The Morgan fingerprint density at radius 2 is 1.89 bits per heavy atom. The second-order valence-corrected chi connectivity index (χ2v) is 10.9. The summed E-state index contributed by atoms with van der Waals surface area (Å²) >= 11 is 0. The van der Waals surface area contributed by atoms with Crippen LogP contribution in [0.1, 0.15) is 55.9 Å². The number of halogens is 1. The fourth-order valence-electron chi connectivity index (χ4n) is 5.86. The number of H-pyrrole nitrogens is 1. The number of para-hydroxylation sites is 1. The van der Waals surface area contributed by atoms with Crippen LogP contribution in [0.15, 0.2) is 48.7 Å². The maximum absolute atomic E-state index is 13.8. The minimum atomic E-state index is -1.11. The summed E-state index contributed by atoms with van der Waals surface area (Å²) in [5.41, 5.74) is 8.18. The van der Waals surface area contributed by atoms with Crippen molar-refractivity contribution in [2.24, 2.45) is 5.73 Å².